The van der Waals surface area contributed by atoms with Crippen LogP contribution in [0.1, 0.15) is 39.2 Å². The Balaban J connectivity index is 0.000000465. The van der Waals surface area contributed by atoms with E-state index in [1.54, 1.807) is 0 Å². The lowest BCUT2D eigenvalue weighted by Crippen LogP contribution is -2.34. The van der Waals surface area contributed by atoms with E-state index in [-0.39, 0.29) is 10.8 Å². The second kappa shape index (κ2) is 6.83. The van der Waals surface area contributed by atoms with E-state index < -0.39 is 10.1 Å². The lowest BCUT2D eigenvalue weighted by molar-refractivity contribution is -0.125. The molecular weight excluding hydrogens is 362 g/mol. The maximum Gasteiger partial charge on any atom is 0.165 e. The van der Waals surface area contributed by atoms with Crippen LogP contribution in [-0.2, 0) is 14.9 Å². The molecule has 0 N–H and O–H groups in total. The number of hydrogen-bond acceptors (Lipinski definition) is 4. The van der Waals surface area contributed by atoms with Crippen LogP contribution < -0.4 is 4.48 Å². The average molecular weight is 394 g/mol. The Kier molecular flexibility index (Phi) is 5.52. The molecule has 0 aromatic heterocycles. The summed E-state index contributed by atoms with van der Waals surface area (Å²) in [5, 5.41) is 0. The predicted octanol–water partition coefficient (Wildman–Crippen LogP) is 3.45. The van der Waals surface area contributed by atoms with Crippen molar-refractivity contribution in [2.75, 3.05) is 27.4 Å². The van der Waals surface area contributed by atoms with E-state index in [9.17, 15) is 4.79 Å². The molecule has 2 saturated carbocycles. The maximum absolute atomic E-state index is 12.9. The Morgan fingerprint density at radius 3 is 1.96 bits per heavy atom. The van der Waals surface area contributed by atoms with Gasteiger partial charge in [-0.15, -0.1) is 0 Å². The first-order chi connectivity index (χ1) is 12.1. The van der Waals surface area contributed by atoms with Crippen molar-refractivity contribution in [1.29, 1.82) is 0 Å². The molecule has 2 atom stereocenters. The lowest BCUT2D eigenvalue weighted by Gasteiger charge is -2.31. The van der Waals surface area contributed by atoms with E-state index in [2.05, 4.69) is 72.3 Å². The van der Waals surface area contributed by atoms with Crippen molar-refractivity contribution in [2.24, 2.45) is 16.7 Å². The van der Waals surface area contributed by atoms with Crippen LogP contribution in [-0.4, -0.2) is 46.2 Å². The van der Waals surface area contributed by atoms with Crippen LogP contribution in [0.4, 0.5) is 5.69 Å². The van der Waals surface area contributed by atoms with Gasteiger partial charge in [0.25, 0.3) is 0 Å². The summed E-state index contributed by atoms with van der Waals surface area (Å²) in [6.07, 6.45) is 4.94. The fourth-order valence-corrected chi connectivity index (χ4v) is 4.29. The molecule has 0 saturated heterocycles. The summed E-state index contributed by atoms with van der Waals surface area (Å²) < 4.78 is 28.0. The van der Waals surface area contributed by atoms with Crippen LogP contribution >= 0.6 is 0 Å². The summed E-state index contributed by atoms with van der Waals surface area (Å²) in [6.45, 7) is 6.70. The summed E-state index contributed by atoms with van der Waals surface area (Å²) >= 11 is 0. The van der Waals surface area contributed by atoms with E-state index in [0.717, 1.165) is 28.5 Å². The summed E-state index contributed by atoms with van der Waals surface area (Å²) in [5.74, 6) is 0.799. The number of fused-ring (bicyclic) bond motifs is 2. The first kappa shape index (κ1) is 21.8. The third-order valence-electron chi connectivity index (χ3n) is 6.35. The van der Waals surface area contributed by atoms with Crippen LogP contribution in [0, 0.1) is 16.7 Å². The van der Waals surface area contributed by atoms with E-state index in [4.69, 9.17) is 13.0 Å². The van der Waals surface area contributed by atoms with Crippen LogP contribution in [0.2, 0.25) is 0 Å². The Morgan fingerprint density at radius 2 is 1.59 bits per heavy atom. The molecule has 5 nitrogen and oxygen atoms in total. The Morgan fingerprint density at radius 1 is 1.11 bits per heavy atom. The van der Waals surface area contributed by atoms with Crippen molar-refractivity contribution in [1.82, 2.24) is 4.48 Å². The predicted molar refractivity (Wildman–Crippen MR) is 109 cm³/mol. The molecule has 0 spiro atoms. The number of carbonyl (C=O) groups is 1. The smallest absolute Gasteiger partial charge is 0.165 e. The third kappa shape index (κ3) is 4.33. The van der Waals surface area contributed by atoms with Crippen LogP contribution in [0.15, 0.2) is 29.8 Å². The normalized spacial score (nSPS) is 28.2. The minimum absolute atomic E-state index is 0.0954. The number of nitrogens with zero attached hydrogens (tertiary/aromatic N) is 1. The highest BCUT2D eigenvalue weighted by Crippen LogP contribution is 2.65. The molecule has 1 aromatic carbocycles. The Labute approximate surface area is 163 Å². The molecule has 6 heteroatoms. The SMILES string of the molecule is CC12CCC(/C(=C/c3ccc([N+](C)(C)C)cc3)C1=O)C2(C)C.CS(=O)(=O)[O-]. The second-order valence-corrected chi connectivity index (χ2v) is 10.8. The van der Waals surface area contributed by atoms with Gasteiger partial charge in [0.15, 0.2) is 5.78 Å². The Hall–Kier alpha value is -1.50. The highest BCUT2D eigenvalue weighted by Gasteiger charge is 2.63. The molecule has 2 fully saturated rings. The highest BCUT2D eigenvalue weighted by atomic mass is 32.2. The molecule has 27 heavy (non-hydrogen) atoms. The van der Waals surface area contributed by atoms with Crippen molar-refractivity contribution in [3.63, 3.8) is 0 Å². The molecule has 2 unspecified atom stereocenters. The number of rotatable bonds is 2. The number of quaternary nitrogens is 1. The monoisotopic (exact) mass is 393 g/mol. The Bertz CT molecular complexity index is 852. The van der Waals surface area contributed by atoms with Gasteiger partial charge in [-0.05, 0) is 65.7 Å². The summed E-state index contributed by atoms with van der Waals surface area (Å²) in [4.78, 5) is 12.9. The fourth-order valence-electron chi connectivity index (χ4n) is 4.29. The molecule has 2 aliphatic rings. The number of allylic oxidation sites excluding steroid dienone is 1. The molecule has 2 aliphatic carbocycles. The van der Waals surface area contributed by atoms with E-state index in [1.165, 1.54) is 5.69 Å². The topological polar surface area (TPSA) is 74.3 Å². The molecule has 0 heterocycles. The summed E-state index contributed by atoms with van der Waals surface area (Å²) in [6, 6.07) is 8.61. The number of Topliss-reactive ketones (excluding diaryl/α,β-unsaturated/α-hetero) is 1. The van der Waals surface area contributed by atoms with Gasteiger partial charge in [0.05, 0.1) is 31.3 Å². The largest absolute Gasteiger partial charge is 0.748 e. The van der Waals surface area contributed by atoms with E-state index in [1.807, 2.05) is 0 Å². The first-order valence-corrected chi connectivity index (χ1v) is 11.0. The van der Waals surface area contributed by atoms with E-state index in [0.29, 0.717) is 18.0 Å². The minimum Gasteiger partial charge on any atom is -0.748 e. The molecule has 3 rings (SSSR count). The van der Waals surface area contributed by atoms with Gasteiger partial charge >= 0.3 is 0 Å². The van der Waals surface area contributed by atoms with Crippen molar-refractivity contribution in [3.8, 4) is 0 Å². The van der Waals surface area contributed by atoms with Gasteiger partial charge in [0.1, 0.15) is 5.69 Å². The molecular formula is C21H31NO4S. The van der Waals surface area contributed by atoms with Gasteiger partial charge in [-0.25, -0.2) is 8.42 Å². The molecule has 0 aliphatic heterocycles. The van der Waals surface area contributed by atoms with Crippen LogP contribution in [0.3, 0.4) is 0 Å². The van der Waals surface area contributed by atoms with Gasteiger partial charge in [0, 0.05) is 11.7 Å². The zero-order valence-electron chi connectivity index (χ0n) is 17.4. The van der Waals surface area contributed by atoms with Gasteiger partial charge < -0.3 is 4.55 Å². The van der Waals surface area contributed by atoms with Crippen LogP contribution in [0.5, 0.6) is 0 Å². The van der Waals surface area contributed by atoms with Crippen molar-refractivity contribution < 1.29 is 17.8 Å². The fraction of sp³-hybridized carbons (Fsp3) is 0.571. The number of benzene rings is 1. The number of ketones is 1. The summed E-state index contributed by atoms with van der Waals surface area (Å²) in [7, 11) is 2.57. The lowest BCUT2D eigenvalue weighted by atomic mass is 9.70. The third-order valence-corrected chi connectivity index (χ3v) is 6.35. The van der Waals surface area contributed by atoms with Gasteiger partial charge in [-0.3, -0.25) is 9.28 Å². The van der Waals surface area contributed by atoms with Crippen LogP contribution in [0.25, 0.3) is 6.08 Å². The van der Waals surface area contributed by atoms with Crippen molar-refractivity contribution in [3.05, 3.63) is 35.4 Å². The molecule has 2 bridgehead atoms. The maximum atomic E-state index is 12.9. The quantitative estimate of drug-likeness (QED) is 0.438. The standard InChI is InChI=1S/C20H28NO.CH4O3S/c1-19(2)17-11-12-20(19,3)18(22)16(17)13-14-7-9-15(10-8-14)21(4,5)6;1-5(2,3)4/h7-10,13,17H,11-12H2,1-6H3;1H3,(H,2,3,4)/q+1;/p-1/b16-13-;. The van der Waals surface area contributed by atoms with Gasteiger partial charge in [-0.2, -0.15) is 0 Å². The first-order valence-electron chi connectivity index (χ1n) is 9.17. The zero-order valence-corrected chi connectivity index (χ0v) is 18.2. The van der Waals surface area contributed by atoms with Crippen molar-refractivity contribution >= 4 is 27.7 Å². The highest BCUT2D eigenvalue weighted by molar-refractivity contribution is 7.84. The zero-order chi connectivity index (χ0) is 20.8. The minimum atomic E-state index is -3.92. The summed E-state index contributed by atoms with van der Waals surface area (Å²) in [5.41, 5.74) is 3.40. The van der Waals surface area contributed by atoms with Crippen molar-refractivity contribution in [2.45, 2.75) is 33.6 Å². The van der Waals surface area contributed by atoms with E-state index >= 15 is 0 Å². The van der Waals surface area contributed by atoms with Gasteiger partial charge in [0.2, 0.25) is 0 Å². The molecule has 1 aromatic rings. The molecule has 150 valence electrons. The van der Waals surface area contributed by atoms with Gasteiger partial charge in [-0.1, -0.05) is 20.8 Å². The number of carbonyl (C=O) groups excluding carboxylic acids is 1. The number of hydrogen-bond donors (Lipinski definition) is 0. The second-order valence-electron chi connectivity index (χ2n) is 9.38. The molecule has 0 radical (unpaired) electrons. The average Bonchev–Trinajstić information content (AvgIpc) is 2.79. The molecule has 0 amide bonds.